The van der Waals surface area contributed by atoms with Crippen molar-refractivity contribution in [1.82, 2.24) is 5.32 Å². The van der Waals surface area contributed by atoms with Crippen LogP contribution in [0.5, 0.6) is 0 Å². The molecule has 77 heavy (non-hydrogen) atoms. The fourth-order valence-corrected chi connectivity index (χ4v) is 8.48. The second kappa shape index (κ2) is 40.6. The second-order valence-electron chi connectivity index (χ2n) is 19.3. The number of rotatable bonds is 37. The number of amides is 1. The minimum absolute atomic E-state index is 0.186. The van der Waals surface area contributed by atoms with Crippen LogP contribution in [0.15, 0.2) is 109 Å². The third-order valence-electron chi connectivity index (χ3n) is 13.0. The zero-order chi connectivity index (χ0) is 56.2. The van der Waals surface area contributed by atoms with Gasteiger partial charge in [-0.2, -0.15) is 0 Å². The van der Waals surface area contributed by atoms with Gasteiger partial charge in [-0.25, -0.2) is 0 Å². The van der Waals surface area contributed by atoms with E-state index < -0.39 is 131 Å². The van der Waals surface area contributed by atoms with Gasteiger partial charge >= 0.3 is 0 Å². The average Bonchev–Trinajstić information content (AvgIpc) is 3.43. The van der Waals surface area contributed by atoms with Crippen LogP contribution >= 0.6 is 0 Å². The molecule has 0 saturated carbocycles. The zero-order valence-corrected chi connectivity index (χ0v) is 45.1. The fourth-order valence-electron chi connectivity index (χ4n) is 8.48. The largest absolute Gasteiger partial charge is 0.394 e. The minimum atomic E-state index is -1.99. The van der Waals surface area contributed by atoms with Crippen LogP contribution in [0.25, 0.3) is 0 Å². The number of hydrogen-bond acceptors (Lipinski definition) is 18. The van der Waals surface area contributed by atoms with Crippen LogP contribution < -0.4 is 5.32 Å². The number of nitrogens with one attached hydrogen (secondary N) is 1. The van der Waals surface area contributed by atoms with E-state index in [9.17, 15) is 61.0 Å². The van der Waals surface area contributed by atoms with Crippen molar-refractivity contribution < 1.29 is 89.4 Å². The molecule has 0 bridgehead atoms. The second-order valence-corrected chi connectivity index (χ2v) is 19.3. The maximum atomic E-state index is 13.2. The van der Waals surface area contributed by atoms with Crippen molar-refractivity contribution in [2.45, 2.75) is 221 Å². The van der Waals surface area contributed by atoms with Crippen molar-refractivity contribution in [3.63, 3.8) is 0 Å². The molecule has 0 aromatic rings. The molecule has 3 heterocycles. The van der Waals surface area contributed by atoms with Crippen LogP contribution in [0, 0.1) is 0 Å². The third kappa shape index (κ3) is 25.2. The lowest BCUT2D eigenvalue weighted by molar-refractivity contribution is -0.379. The summed E-state index contributed by atoms with van der Waals surface area (Å²) in [5.41, 5.74) is 0. The maximum Gasteiger partial charge on any atom is 0.220 e. The Kier molecular flexibility index (Phi) is 35.7. The smallest absolute Gasteiger partial charge is 0.220 e. The Balaban J connectivity index is 1.46. The first-order chi connectivity index (χ1) is 37.3. The number of hydrogen-bond donors (Lipinski definition) is 12. The summed E-state index contributed by atoms with van der Waals surface area (Å²) in [6.45, 7) is 1.38. The third-order valence-corrected chi connectivity index (χ3v) is 13.0. The average molecular weight is 1090 g/mol. The van der Waals surface area contributed by atoms with E-state index in [-0.39, 0.29) is 12.3 Å². The Labute approximate surface area is 455 Å². The number of carbonyl (C=O) groups is 1. The Morgan fingerprint density at radius 1 is 0.481 bits per heavy atom. The number of ether oxygens (including phenoxy) is 6. The van der Waals surface area contributed by atoms with Crippen LogP contribution in [0.2, 0.25) is 0 Å². The Bertz CT molecular complexity index is 1830. The first kappa shape index (κ1) is 67.7. The Hall–Kier alpha value is -3.55. The van der Waals surface area contributed by atoms with Crippen molar-refractivity contribution in [3.05, 3.63) is 109 Å². The molecule has 17 unspecified atom stereocenters. The first-order valence-corrected chi connectivity index (χ1v) is 27.6. The number of allylic oxidation sites excluding steroid dienone is 17. The predicted octanol–water partition coefficient (Wildman–Crippen LogP) is 3.58. The van der Waals surface area contributed by atoms with Gasteiger partial charge in [0.25, 0.3) is 0 Å². The van der Waals surface area contributed by atoms with E-state index in [0.717, 1.165) is 83.5 Å². The molecule has 438 valence electrons. The number of aliphatic hydroxyl groups is 11. The minimum Gasteiger partial charge on any atom is -0.394 e. The van der Waals surface area contributed by atoms with Crippen molar-refractivity contribution in [2.24, 2.45) is 0 Å². The van der Waals surface area contributed by atoms with Crippen LogP contribution in [0.1, 0.15) is 117 Å². The highest BCUT2D eigenvalue weighted by Gasteiger charge is 2.53. The quantitative estimate of drug-likeness (QED) is 0.0313. The van der Waals surface area contributed by atoms with Crippen LogP contribution in [-0.4, -0.2) is 193 Å². The molecule has 0 radical (unpaired) electrons. The summed E-state index contributed by atoms with van der Waals surface area (Å²) >= 11 is 0. The van der Waals surface area contributed by atoms with Gasteiger partial charge in [0.2, 0.25) is 5.91 Å². The topological polar surface area (TPSA) is 307 Å². The highest BCUT2D eigenvalue weighted by Crippen LogP contribution is 2.33. The molecule has 17 atom stereocenters. The lowest BCUT2D eigenvalue weighted by atomic mass is 9.96. The zero-order valence-electron chi connectivity index (χ0n) is 45.1. The van der Waals surface area contributed by atoms with Gasteiger partial charge in [0, 0.05) is 6.42 Å². The molecule has 0 aromatic heterocycles. The van der Waals surface area contributed by atoms with Gasteiger partial charge in [-0.05, 0) is 83.5 Å². The predicted molar refractivity (Wildman–Crippen MR) is 290 cm³/mol. The van der Waals surface area contributed by atoms with E-state index in [4.69, 9.17) is 28.4 Å². The van der Waals surface area contributed by atoms with E-state index >= 15 is 0 Å². The van der Waals surface area contributed by atoms with Crippen molar-refractivity contribution >= 4 is 5.91 Å². The summed E-state index contributed by atoms with van der Waals surface area (Å²) in [5, 5.41) is 119. The van der Waals surface area contributed by atoms with Gasteiger partial charge in [-0.3, -0.25) is 4.79 Å². The molecular formula is C58H93NO18. The lowest BCUT2D eigenvalue weighted by Gasteiger charge is -2.48. The normalized spacial score (nSPS) is 31.6. The molecule has 19 heteroatoms. The van der Waals surface area contributed by atoms with Gasteiger partial charge in [0.15, 0.2) is 18.9 Å². The molecular weight excluding hydrogens is 999 g/mol. The first-order valence-electron chi connectivity index (χ1n) is 27.6. The highest BCUT2D eigenvalue weighted by atomic mass is 16.8. The SMILES string of the molecule is CC/C=C\C/C=C\C/C=C\C/C=C\C/C=C\C/C=C\C/C=C\CCCCCC(=O)NC(COC1OC(CO)C(OC2OC(CO)C(OC3OC(CO)C(O)C(O)C3O)C(O)C2O)C(O)C1O)C(O)/C=C/CC/C=C/CCC. The summed E-state index contributed by atoms with van der Waals surface area (Å²) in [6.07, 6.45) is 24.2. The highest BCUT2D eigenvalue weighted by molar-refractivity contribution is 5.76. The van der Waals surface area contributed by atoms with Crippen molar-refractivity contribution in [3.8, 4) is 0 Å². The van der Waals surface area contributed by atoms with Gasteiger partial charge in [0.1, 0.15) is 73.2 Å². The standard InChI is InChI=1S/C58H93NO18/c1-3-5-7-9-11-12-13-14-15-16-17-18-19-20-21-22-23-24-25-26-27-28-30-32-34-36-46(64)59-41(42(63)35-33-31-29-10-8-6-4-2)40-72-56-52(70)49(67)54(44(38-61)74-56)77-58-53(71)50(68)55(45(39-62)75-58)76-57-51(69)48(66)47(65)43(37-60)73-57/h5,7-8,10-12,14-15,17-18,20-21,23-24,26-27,33,35,41-45,47-58,60-63,65-71H,3-4,6,9,13,16,19,22,25,28-32,34,36-40H2,1-2H3,(H,59,64)/b7-5-,10-8+,12-11-,15-14-,18-17-,21-20-,24-23-,27-26-,35-33+. The summed E-state index contributed by atoms with van der Waals surface area (Å²) in [5.74, 6) is -0.330. The molecule has 3 fully saturated rings. The van der Waals surface area contributed by atoms with Crippen LogP contribution in [0.3, 0.4) is 0 Å². The summed E-state index contributed by atoms with van der Waals surface area (Å²) in [6, 6.07) is -1.01. The van der Waals surface area contributed by atoms with Gasteiger partial charge < -0.3 is 89.9 Å². The fraction of sp³-hybridized carbons (Fsp3) is 0.672. The number of carbonyl (C=O) groups excluding carboxylic acids is 1. The summed E-state index contributed by atoms with van der Waals surface area (Å²) in [7, 11) is 0. The lowest BCUT2D eigenvalue weighted by Crippen LogP contribution is -2.66. The Morgan fingerprint density at radius 3 is 1.42 bits per heavy atom. The molecule has 3 saturated heterocycles. The molecule has 0 aliphatic carbocycles. The monoisotopic (exact) mass is 1090 g/mol. The molecule has 12 N–H and O–H groups in total. The van der Waals surface area contributed by atoms with E-state index in [1.165, 1.54) is 0 Å². The van der Waals surface area contributed by atoms with Gasteiger partial charge in [-0.15, -0.1) is 0 Å². The van der Waals surface area contributed by atoms with Gasteiger partial charge in [-0.1, -0.05) is 136 Å². The maximum absolute atomic E-state index is 13.2. The van der Waals surface area contributed by atoms with Crippen LogP contribution in [0.4, 0.5) is 0 Å². The molecule has 3 aliphatic heterocycles. The molecule has 3 rings (SSSR count). The Morgan fingerprint density at radius 2 is 0.909 bits per heavy atom. The number of aliphatic hydroxyl groups excluding tert-OH is 11. The van der Waals surface area contributed by atoms with E-state index in [2.05, 4.69) is 116 Å². The van der Waals surface area contributed by atoms with E-state index in [1.54, 1.807) is 12.2 Å². The summed E-state index contributed by atoms with van der Waals surface area (Å²) < 4.78 is 34.0. The molecule has 19 nitrogen and oxygen atoms in total. The number of unbranched alkanes of at least 4 members (excludes halogenated alkanes) is 5. The summed E-state index contributed by atoms with van der Waals surface area (Å²) in [4.78, 5) is 13.2. The molecule has 0 spiro atoms. The molecule has 0 aromatic carbocycles. The van der Waals surface area contributed by atoms with Crippen LogP contribution in [-0.2, 0) is 33.2 Å². The van der Waals surface area contributed by atoms with Crippen molar-refractivity contribution in [1.29, 1.82) is 0 Å². The van der Waals surface area contributed by atoms with Crippen molar-refractivity contribution in [2.75, 3.05) is 26.4 Å². The molecule has 1 amide bonds. The van der Waals surface area contributed by atoms with E-state index in [0.29, 0.717) is 12.8 Å². The van der Waals surface area contributed by atoms with Gasteiger partial charge in [0.05, 0.1) is 38.6 Å². The molecule has 3 aliphatic rings. The van der Waals surface area contributed by atoms with E-state index in [1.807, 2.05) is 0 Å².